The third-order valence-corrected chi connectivity index (χ3v) is 2.91. The van der Waals surface area contributed by atoms with Crippen molar-refractivity contribution in [1.29, 1.82) is 0 Å². The second-order valence-electron chi connectivity index (χ2n) is 5.10. The summed E-state index contributed by atoms with van der Waals surface area (Å²) in [5.74, 6) is 0.909. The Labute approximate surface area is 114 Å². The molecule has 1 unspecified atom stereocenters. The second-order valence-corrected chi connectivity index (χ2v) is 5.10. The van der Waals surface area contributed by atoms with Crippen LogP contribution in [0.3, 0.4) is 0 Å². The quantitative estimate of drug-likeness (QED) is 0.895. The third-order valence-electron chi connectivity index (χ3n) is 2.91. The minimum absolute atomic E-state index is 0.127. The number of aromatic nitrogens is 2. The number of ether oxygens (including phenoxy) is 1. The minimum Gasteiger partial charge on any atom is -0.489 e. The maximum absolute atomic E-state index is 5.89. The summed E-state index contributed by atoms with van der Waals surface area (Å²) < 4.78 is 7.66. The van der Waals surface area contributed by atoms with E-state index in [1.54, 1.807) is 4.68 Å². The van der Waals surface area contributed by atoms with Gasteiger partial charge in [0.05, 0.1) is 6.20 Å². The van der Waals surface area contributed by atoms with Crippen LogP contribution in [-0.4, -0.2) is 15.8 Å². The van der Waals surface area contributed by atoms with Gasteiger partial charge in [0.1, 0.15) is 12.4 Å². The SMILES string of the molecule is Cc1ccc(OCc2cnn(C)c2)c(CC(C)N)c1. The van der Waals surface area contributed by atoms with Crippen molar-refractivity contribution in [2.45, 2.75) is 32.9 Å². The number of hydrogen-bond acceptors (Lipinski definition) is 3. The molecule has 2 aromatic rings. The van der Waals surface area contributed by atoms with Gasteiger partial charge < -0.3 is 10.5 Å². The molecular formula is C15H21N3O. The smallest absolute Gasteiger partial charge is 0.123 e. The number of nitrogens with zero attached hydrogens (tertiary/aromatic N) is 2. The Bertz CT molecular complexity index is 546. The van der Waals surface area contributed by atoms with Gasteiger partial charge in [0, 0.05) is 24.8 Å². The molecule has 1 heterocycles. The first-order chi connectivity index (χ1) is 9.04. The van der Waals surface area contributed by atoms with Crippen LogP contribution in [0.4, 0.5) is 0 Å². The fraction of sp³-hybridized carbons (Fsp3) is 0.400. The van der Waals surface area contributed by atoms with E-state index in [2.05, 4.69) is 24.2 Å². The van der Waals surface area contributed by atoms with Crippen molar-refractivity contribution in [1.82, 2.24) is 9.78 Å². The summed E-state index contributed by atoms with van der Waals surface area (Å²) >= 11 is 0. The van der Waals surface area contributed by atoms with Gasteiger partial charge in [-0.25, -0.2) is 0 Å². The second kappa shape index (κ2) is 5.89. The maximum Gasteiger partial charge on any atom is 0.123 e. The minimum atomic E-state index is 0.127. The molecule has 0 saturated heterocycles. The van der Waals surface area contributed by atoms with Crippen molar-refractivity contribution < 1.29 is 4.74 Å². The molecule has 1 atom stereocenters. The lowest BCUT2D eigenvalue weighted by Gasteiger charge is -2.13. The highest BCUT2D eigenvalue weighted by molar-refractivity contribution is 5.37. The zero-order valence-electron chi connectivity index (χ0n) is 11.8. The molecule has 2 rings (SSSR count). The molecule has 1 aromatic heterocycles. The summed E-state index contributed by atoms with van der Waals surface area (Å²) in [6, 6.07) is 6.34. The number of benzene rings is 1. The average molecular weight is 259 g/mol. The fourth-order valence-corrected chi connectivity index (χ4v) is 2.06. The van der Waals surface area contributed by atoms with Gasteiger partial charge in [-0.1, -0.05) is 17.7 Å². The van der Waals surface area contributed by atoms with E-state index in [0.29, 0.717) is 6.61 Å². The van der Waals surface area contributed by atoms with Crippen LogP contribution in [0.2, 0.25) is 0 Å². The van der Waals surface area contributed by atoms with Gasteiger partial charge in [-0.3, -0.25) is 4.68 Å². The highest BCUT2D eigenvalue weighted by Gasteiger charge is 2.07. The molecule has 19 heavy (non-hydrogen) atoms. The van der Waals surface area contributed by atoms with Crippen LogP contribution in [0.5, 0.6) is 5.75 Å². The van der Waals surface area contributed by atoms with Crippen molar-refractivity contribution in [3.8, 4) is 5.75 Å². The molecule has 0 aliphatic rings. The summed E-state index contributed by atoms with van der Waals surface area (Å²) in [5.41, 5.74) is 9.34. The van der Waals surface area contributed by atoms with E-state index in [0.717, 1.165) is 17.7 Å². The zero-order valence-corrected chi connectivity index (χ0v) is 11.8. The highest BCUT2D eigenvalue weighted by atomic mass is 16.5. The van der Waals surface area contributed by atoms with E-state index in [1.807, 2.05) is 32.4 Å². The van der Waals surface area contributed by atoms with Gasteiger partial charge in [0.2, 0.25) is 0 Å². The lowest BCUT2D eigenvalue weighted by molar-refractivity contribution is 0.302. The van der Waals surface area contributed by atoms with Crippen molar-refractivity contribution in [2.24, 2.45) is 12.8 Å². The molecule has 0 aliphatic carbocycles. The average Bonchev–Trinajstić information content (AvgIpc) is 2.73. The van der Waals surface area contributed by atoms with Crippen LogP contribution in [0.1, 0.15) is 23.6 Å². The molecule has 0 saturated carbocycles. The Balaban J connectivity index is 2.10. The molecule has 2 N–H and O–H groups in total. The molecule has 4 heteroatoms. The number of aryl methyl sites for hydroxylation is 2. The molecule has 0 amide bonds. The molecule has 0 bridgehead atoms. The van der Waals surface area contributed by atoms with Crippen LogP contribution in [0.25, 0.3) is 0 Å². The van der Waals surface area contributed by atoms with Crippen molar-refractivity contribution in [3.63, 3.8) is 0 Å². The lowest BCUT2D eigenvalue weighted by Crippen LogP contribution is -2.18. The largest absolute Gasteiger partial charge is 0.489 e. The molecule has 0 radical (unpaired) electrons. The van der Waals surface area contributed by atoms with Crippen LogP contribution in [0.15, 0.2) is 30.6 Å². The van der Waals surface area contributed by atoms with E-state index in [9.17, 15) is 0 Å². The Morgan fingerprint density at radius 3 is 2.84 bits per heavy atom. The standard InChI is InChI=1S/C15H21N3O/c1-11-4-5-15(14(6-11)7-12(2)16)19-10-13-8-17-18(3)9-13/h4-6,8-9,12H,7,10,16H2,1-3H3. The predicted molar refractivity (Wildman–Crippen MR) is 76.1 cm³/mol. The van der Waals surface area contributed by atoms with Crippen LogP contribution >= 0.6 is 0 Å². The molecule has 0 spiro atoms. The van der Waals surface area contributed by atoms with Crippen molar-refractivity contribution in [3.05, 3.63) is 47.3 Å². The fourth-order valence-electron chi connectivity index (χ4n) is 2.06. The highest BCUT2D eigenvalue weighted by Crippen LogP contribution is 2.22. The summed E-state index contributed by atoms with van der Waals surface area (Å²) in [4.78, 5) is 0. The van der Waals surface area contributed by atoms with E-state index >= 15 is 0 Å². The molecule has 0 fully saturated rings. The van der Waals surface area contributed by atoms with Crippen molar-refractivity contribution in [2.75, 3.05) is 0 Å². The maximum atomic E-state index is 5.89. The summed E-state index contributed by atoms with van der Waals surface area (Å²) in [6.07, 6.45) is 4.60. The van der Waals surface area contributed by atoms with Gasteiger partial charge in [-0.05, 0) is 31.9 Å². The molecule has 4 nitrogen and oxygen atoms in total. The first-order valence-corrected chi connectivity index (χ1v) is 6.50. The van der Waals surface area contributed by atoms with E-state index in [4.69, 9.17) is 10.5 Å². The van der Waals surface area contributed by atoms with E-state index in [1.165, 1.54) is 11.1 Å². The topological polar surface area (TPSA) is 53.1 Å². The van der Waals surface area contributed by atoms with Gasteiger partial charge >= 0.3 is 0 Å². The first-order valence-electron chi connectivity index (χ1n) is 6.50. The molecule has 102 valence electrons. The summed E-state index contributed by atoms with van der Waals surface area (Å²) in [6.45, 7) is 4.62. The lowest BCUT2D eigenvalue weighted by atomic mass is 10.0. The van der Waals surface area contributed by atoms with Crippen LogP contribution in [-0.2, 0) is 20.1 Å². The number of nitrogens with two attached hydrogens (primary N) is 1. The Morgan fingerprint density at radius 2 is 2.21 bits per heavy atom. The van der Waals surface area contributed by atoms with Gasteiger partial charge in [0.15, 0.2) is 0 Å². The predicted octanol–water partition coefficient (Wildman–Crippen LogP) is 2.20. The van der Waals surface area contributed by atoms with Gasteiger partial charge in [-0.2, -0.15) is 5.10 Å². The summed E-state index contributed by atoms with van der Waals surface area (Å²) in [5, 5.41) is 4.13. The number of hydrogen-bond donors (Lipinski definition) is 1. The van der Waals surface area contributed by atoms with Crippen molar-refractivity contribution >= 4 is 0 Å². The van der Waals surface area contributed by atoms with E-state index < -0.39 is 0 Å². The van der Waals surface area contributed by atoms with Gasteiger partial charge in [0.25, 0.3) is 0 Å². The molecular weight excluding hydrogens is 238 g/mol. The third kappa shape index (κ3) is 3.83. The zero-order chi connectivity index (χ0) is 13.8. The normalized spacial score (nSPS) is 12.4. The Hall–Kier alpha value is -1.81. The first kappa shape index (κ1) is 13.6. The monoisotopic (exact) mass is 259 g/mol. The molecule has 1 aromatic carbocycles. The summed E-state index contributed by atoms with van der Waals surface area (Å²) in [7, 11) is 1.90. The van der Waals surface area contributed by atoms with E-state index in [-0.39, 0.29) is 6.04 Å². The number of rotatable bonds is 5. The van der Waals surface area contributed by atoms with Gasteiger partial charge in [-0.15, -0.1) is 0 Å². The Morgan fingerprint density at radius 1 is 1.42 bits per heavy atom. The van der Waals surface area contributed by atoms with Crippen LogP contribution in [0, 0.1) is 6.92 Å². The Kier molecular flexibility index (Phi) is 4.22. The van der Waals surface area contributed by atoms with Crippen LogP contribution < -0.4 is 10.5 Å². The molecule has 0 aliphatic heterocycles.